The highest BCUT2D eigenvalue weighted by molar-refractivity contribution is 5.95. The zero-order valence-electron chi connectivity index (χ0n) is 21.4. The summed E-state index contributed by atoms with van der Waals surface area (Å²) in [6, 6.07) is 22.5. The SMILES string of the molecule is CC(CN[C@@H](C(=O)Nc1ccc(N2CC(=O)N(C)CC2C)cn1)c1ccccc1)c1ccc(C#N)cc1. The van der Waals surface area contributed by atoms with Crippen LogP contribution in [-0.4, -0.2) is 54.4 Å². The van der Waals surface area contributed by atoms with Gasteiger partial charge in [-0.2, -0.15) is 5.26 Å². The van der Waals surface area contributed by atoms with Gasteiger partial charge >= 0.3 is 0 Å². The summed E-state index contributed by atoms with van der Waals surface area (Å²) >= 11 is 0. The van der Waals surface area contributed by atoms with Gasteiger partial charge in [0.25, 0.3) is 0 Å². The first kappa shape index (κ1) is 25.9. The fraction of sp³-hybridized carbons (Fsp3) is 0.310. The molecule has 2 unspecified atom stereocenters. The highest BCUT2D eigenvalue weighted by Crippen LogP contribution is 2.23. The van der Waals surface area contributed by atoms with Gasteiger partial charge < -0.3 is 20.4 Å². The van der Waals surface area contributed by atoms with Gasteiger partial charge in [0.2, 0.25) is 11.8 Å². The topological polar surface area (TPSA) is 101 Å². The normalized spacial score (nSPS) is 17.1. The van der Waals surface area contributed by atoms with E-state index in [4.69, 9.17) is 5.26 Å². The van der Waals surface area contributed by atoms with Gasteiger partial charge in [-0.15, -0.1) is 0 Å². The number of nitrogens with zero attached hydrogens (tertiary/aromatic N) is 4. The van der Waals surface area contributed by atoms with E-state index >= 15 is 0 Å². The van der Waals surface area contributed by atoms with Crippen LogP contribution in [0.1, 0.15) is 42.5 Å². The van der Waals surface area contributed by atoms with E-state index in [2.05, 4.69) is 35.5 Å². The zero-order chi connectivity index (χ0) is 26.4. The fourth-order valence-corrected chi connectivity index (χ4v) is 4.50. The van der Waals surface area contributed by atoms with Crippen molar-refractivity contribution in [2.24, 2.45) is 0 Å². The fourth-order valence-electron chi connectivity index (χ4n) is 4.50. The molecule has 1 saturated heterocycles. The Morgan fingerprint density at radius 3 is 2.49 bits per heavy atom. The van der Waals surface area contributed by atoms with Crippen LogP contribution < -0.4 is 15.5 Å². The van der Waals surface area contributed by atoms with E-state index in [0.717, 1.165) is 16.8 Å². The van der Waals surface area contributed by atoms with Crippen molar-refractivity contribution < 1.29 is 9.59 Å². The van der Waals surface area contributed by atoms with Gasteiger partial charge in [0.05, 0.1) is 30.1 Å². The maximum Gasteiger partial charge on any atom is 0.247 e. The average molecular weight is 497 g/mol. The van der Waals surface area contributed by atoms with Crippen molar-refractivity contribution in [2.45, 2.75) is 31.8 Å². The summed E-state index contributed by atoms with van der Waals surface area (Å²) in [7, 11) is 1.81. The summed E-state index contributed by atoms with van der Waals surface area (Å²) in [5, 5.41) is 15.4. The number of piperazine rings is 1. The molecule has 0 radical (unpaired) electrons. The molecule has 1 fully saturated rings. The Bertz CT molecular complexity index is 1250. The smallest absolute Gasteiger partial charge is 0.247 e. The molecule has 0 spiro atoms. The van der Waals surface area contributed by atoms with Gasteiger partial charge in [-0.1, -0.05) is 49.4 Å². The lowest BCUT2D eigenvalue weighted by molar-refractivity contribution is -0.130. The van der Waals surface area contributed by atoms with Crippen molar-refractivity contribution in [1.82, 2.24) is 15.2 Å². The molecule has 1 aliphatic rings. The van der Waals surface area contributed by atoms with Crippen molar-refractivity contribution in [3.05, 3.63) is 89.6 Å². The summed E-state index contributed by atoms with van der Waals surface area (Å²) < 4.78 is 0. The van der Waals surface area contributed by atoms with Crippen LogP contribution in [0.2, 0.25) is 0 Å². The van der Waals surface area contributed by atoms with Crippen LogP contribution in [0.3, 0.4) is 0 Å². The molecule has 1 aromatic heterocycles. The lowest BCUT2D eigenvalue weighted by Gasteiger charge is -2.39. The summed E-state index contributed by atoms with van der Waals surface area (Å²) in [5.41, 5.74) is 3.42. The number of anilines is 2. The number of pyridine rings is 1. The van der Waals surface area contributed by atoms with Gasteiger partial charge in [-0.25, -0.2) is 4.98 Å². The van der Waals surface area contributed by atoms with E-state index in [1.807, 2.05) is 60.5 Å². The van der Waals surface area contributed by atoms with Crippen LogP contribution >= 0.6 is 0 Å². The second kappa shape index (κ2) is 11.7. The molecule has 2 heterocycles. The summed E-state index contributed by atoms with van der Waals surface area (Å²) in [5.74, 6) is 0.450. The van der Waals surface area contributed by atoms with Crippen molar-refractivity contribution in [3.8, 4) is 6.07 Å². The molecule has 0 aliphatic carbocycles. The van der Waals surface area contributed by atoms with Gasteiger partial charge in [0.1, 0.15) is 11.9 Å². The number of hydrogen-bond acceptors (Lipinski definition) is 6. The number of nitriles is 1. The molecule has 3 aromatic rings. The number of nitrogens with one attached hydrogen (secondary N) is 2. The Morgan fingerprint density at radius 1 is 1.11 bits per heavy atom. The largest absolute Gasteiger partial charge is 0.356 e. The predicted molar refractivity (Wildman–Crippen MR) is 144 cm³/mol. The van der Waals surface area contributed by atoms with Crippen LogP contribution in [0.4, 0.5) is 11.5 Å². The molecule has 37 heavy (non-hydrogen) atoms. The number of rotatable bonds is 8. The lowest BCUT2D eigenvalue weighted by atomic mass is 9.98. The molecular weight excluding hydrogens is 464 g/mol. The number of carbonyl (C=O) groups is 2. The monoisotopic (exact) mass is 496 g/mol. The van der Waals surface area contributed by atoms with Crippen molar-refractivity contribution >= 4 is 23.3 Å². The Balaban J connectivity index is 1.44. The molecule has 2 aromatic carbocycles. The third-order valence-corrected chi connectivity index (χ3v) is 6.76. The molecule has 3 atom stereocenters. The minimum atomic E-state index is -0.571. The van der Waals surface area contributed by atoms with Gasteiger partial charge in [-0.05, 0) is 48.2 Å². The Hall–Kier alpha value is -4.22. The van der Waals surface area contributed by atoms with E-state index in [1.165, 1.54) is 0 Å². The molecule has 190 valence electrons. The lowest BCUT2D eigenvalue weighted by Crippen LogP contribution is -2.53. The van der Waals surface area contributed by atoms with E-state index in [9.17, 15) is 9.59 Å². The summed E-state index contributed by atoms with van der Waals surface area (Å²) in [4.78, 5) is 33.7. The van der Waals surface area contributed by atoms with Crippen molar-refractivity contribution in [1.29, 1.82) is 5.26 Å². The van der Waals surface area contributed by atoms with Crippen LogP contribution in [0.15, 0.2) is 72.9 Å². The van der Waals surface area contributed by atoms with Crippen LogP contribution in [0.5, 0.6) is 0 Å². The molecule has 0 saturated carbocycles. The standard InChI is InChI=1S/C29H32N6O2/c1-20(23-11-9-22(15-30)10-12-23)16-32-28(24-7-5-4-6-8-24)29(37)33-26-14-13-25(17-31-26)35-19-27(36)34(3)18-21(35)2/h4-14,17,20-21,28,32H,16,18-19H2,1-3H3,(H,31,33,37)/t20?,21?,28-/m1/s1. The molecule has 8 heteroatoms. The number of carbonyl (C=O) groups excluding carboxylic acids is 2. The maximum absolute atomic E-state index is 13.4. The van der Waals surface area contributed by atoms with Crippen LogP contribution in [-0.2, 0) is 9.59 Å². The first-order valence-corrected chi connectivity index (χ1v) is 12.4. The highest BCUT2D eigenvalue weighted by atomic mass is 16.2. The van der Waals surface area contributed by atoms with Crippen molar-refractivity contribution in [3.63, 3.8) is 0 Å². The molecule has 0 bridgehead atoms. The molecular formula is C29H32N6O2. The zero-order valence-corrected chi connectivity index (χ0v) is 21.4. The minimum Gasteiger partial charge on any atom is -0.356 e. The number of likely N-dealkylation sites (N-methyl/N-ethyl adjacent to an activating group) is 1. The Morgan fingerprint density at radius 2 is 1.84 bits per heavy atom. The third kappa shape index (κ3) is 6.32. The molecule has 2 N–H and O–H groups in total. The number of hydrogen-bond donors (Lipinski definition) is 2. The molecule has 8 nitrogen and oxygen atoms in total. The predicted octanol–water partition coefficient (Wildman–Crippen LogP) is 3.69. The Labute approximate surface area is 217 Å². The Kier molecular flexibility index (Phi) is 8.16. The molecule has 4 rings (SSSR count). The third-order valence-electron chi connectivity index (χ3n) is 6.76. The van der Waals surface area contributed by atoms with E-state index in [-0.39, 0.29) is 23.8 Å². The van der Waals surface area contributed by atoms with Crippen LogP contribution in [0.25, 0.3) is 0 Å². The average Bonchev–Trinajstić information content (AvgIpc) is 2.92. The van der Waals surface area contributed by atoms with Crippen LogP contribution in [0, 0.1) is 11.3 Å². The second-order valence-corrected chi connectivity index (χ2v) is 9.53. The molecule has 2 amide bonds. The molecule has 1 aliphatic heterocycles. The second-order valence-electron chi connectivity index (χ2n) is 9.53. The van der Waals surface area contributed by atoms with E-state index in [1.54, 1.807) is 29.3 Å². The summed E-state index contributed by atoms with van der Waals surface area (Å²) in [6.45, 7) is 5.69. The number of benzene rings is 2. The summed E-state index contributed by atoms with van der Waals surface area (Å²) in [6.07, 6.45) is 1.70. The van der Waals surface area contributed by atoms with Gasteiger partial charge in [0, 0.05) is 26.2 Å². The number of amides is 2. The highest BCUT2D eigenvalue weighted by Gasteiger charge is 2.27. The quantitative estimate of drug-likeness (QED) is 0.493. The minimum absolute atomic E-state index is 0.0718. The van der Waals surface area contributed by atoms with Gasteiger partial charge in [0.15, 0.2) is 0 Å². The number of aromatic nitrogens is 1. The maximum atomic E-state index is 13.4. The van der Waals surface area contributed by atoms with Crippen molar-refractivity contribution in [2.75, 3.05) is 36.9 Å². The first-order valence-electron chi connectivity index (χ1n) is 12.4. The first-order chi connectivity index (χ1) is 17.9. The van der Waals surface area contributed by atoms with E-state index < -0.39 is 6.04 Å². The van der Waals surface area contributed by atoms with E-state index in [0.29, 0.717) is 31.0 Å². The van der Waals surface area contributed by atoms with Gasteiger partial charge in [-0.3, -0.25) is 9.59 Å².